The number of esters is 2. The molecule has 1 aliphatic rings. The van der Waals surface area contributed by atoms with Gasteiger partial charge in [0.15, 0.2) is 0 Å². The fourth-order valence-electron chi connectivity index (χ4n) is 2.29. The van der Waals surface area contributed by atoms with Crippen molar-refractivity contribution in [3.05, 3.63) is 47.5 Å². The van der Waals surface area contributed by atoms with Gasteiger partial charge in [0.25, 0.3) is 0 Å². The summed E-state index contributed by atoms with van der Waals surface area (Å²) in [6.07, 6.45) is 1.45. The van der Waals surface area contributed by atoms with Gasteiger partial charge >= 0.3 is 11.9 Å². The molecule has 1 aromatic rings. The SMILES string of the molecule is CC(=O)OC(CCCc1ccccc1)C1=CC(O)OC1=O. The summed E-state index contributed by atoms with van der Waals surface area (Å²) in [5.74, 6) is -1.09. The van der Waals surface area contributed by atoms with Crippen LogP contribution >= 0.6 is 0 Å². The second-order valence-corrected chi connectivity index (χ2v) is 4.89. The number of hydrogen-bond donors (Lipinski definition) is 1. The summed E-state index contributed by atoms with van der Waals surface area (Å²) in [5.41, 5.74) is 1.40. The summed E-state index contributed by atoms with van der Waals surface area (Å²) in [5, 5.41) is 9.30. The lowest BCUT2D eigenvalue weighted by Crippen LogP contribution is -2.22. The van der Waals surface area contributed by atoms with Crippen molar-refractivity contribution in [1.82, 2.24) is 0 Å². The first kappa shape index (κ1) is 15.3. The molecule has 0 radical (unpaired) electrons. The van der Waals surface area contributed by atoms with Crippen molar-refractivity contribution in [1.29, 1.82) is 0 Å². The van der Waals surface area contributed by atoms with Gasteiger partial charge in [-0.2, -0.15) is 0 Å². The fourth-order valence-corrected chi connectivity index (χ4v) is 2.29. The van der Waals surface area contributed by atoms with Crippen molar-refractivity contribution in [2.24, 2.45) is 0 Å². The number of rotatable bonds is 6. The van der Waals surface area contributed by atoms with E-state index in [-0.39, 0.29) is 5.57 Å². The molecule has 112 valence electrons. The lowest BCUT2D eigenvalue weighted by Gasteiger charge is -2.16. The molecule has 0 saturated heterocycles. The highest BCUT2D eigenvalue weighted by Crippen LogP contribution is 2.22. The van der Waals surface area contributed by atoms with Gasteiger partial charge in [0.05, 0.1) is 5.57 Å². The van der Waals surface area contributed by atoms with E-state index in [2.05, 4.69) is 4.74 Å². The van der Waals surface area contributed by atoms with E-state index < -0.39 is 24.3 Å². The van der Waals surface area contributed by atoms with Crippen molar-refractivity contribution in [2.75, 3.05) is 0 Å². The van der Waals surface area contributed by atoms with Gasteiger partial charge in [-0.3, -0.25) is 4.79 Å². The highest BCUT2D eigenvalue weighted by molar-refractivity contribution is 5.92. The number of ether oxygens (including phenoxy) is 2. The first-order valence-corrected chi connectivity index (χ1v) is 6.88. The van der Waals surface area contributed by atoms with E-state index in [0.29, 0.717) is 6.42 Å². The molecule has 0 aromatic heterocycles. The van der Waals surface area contributed by atoms with Crippen LogP contribution in [-0.2, 0) is 25.5 Å². The molecule has 2 atom stereocenters. The first-order chi connectivity index (χ1) is 10.1. The minimum Gasteiger partial charge on any atom is -0.457 e. The molecule has 5 nitrogen and oxygen atoms in total. The van der Waals surface area contributed by atoms with Gasteiger partial charge in [-0.15, -0.1) is 0 Å². The number of cyclic esters (lactones) is 1. The van der Waals surface area contributed by atoms with Crippen LogP contribution in [0, 0.1) is 0 Å². The van der Waals surface area contributed by atoms with Gasteiger partial charge in [0, 0.05) is 6.92 Å². The van der Waals surface area contributed by atoms with Crippen LogP contribution in [0.1, 0.15) is 25.3 Å². The third kappa shape index (κ3) is 4.43. The van der Waals surface area contributed by atoms with Crippen molar-refractivity contribution >= 4 is 11.9 Å². The maximum Gasteiger partial charge on any atom is 0.340 e. The summed E-state index contributed by atoms with van der Waals surface area (Å²) in [6.45, 7) is 1.29. The Hall–Kier alpha value is -2.14. The van der Waals surface area contributed by atoms with E-state index in [0.717, 1.165) is 12.8 Å². The van der Waals surface area contributed by atoms with E-state index in [9.17, 15) is 14.7 Å². The van der Waals surface area contributed by atoms with Crippen LogP contribution in [0.4, 0.5) is 0 Å². The highest BCUT2D eigenvalue weighted by Gasteiger charge is 2.31. The number of carbonyl (C=O) groups is 2. The number of aryl methyl sites for hydroxylation is 1. The Labute approximate surface area is 123 Å². The molecular formula is C16H18O5. The Morgan fingerprint density at radius 3 is 2.67 bits per heavy atom. The molecule has 1 aliphatic heterocycles. The summed E-state index contributed by atoms with van der Waals surface area (Å²) >= 11 is 0. The van der Waals surface area contributed by atoms with Gasteiger partial charge in [-0.25, -0.2) is 4.79 Å². The first-order valence-electron chi connectivity index (χ1n) is 6.88. The lowest BCUT2D eigenvalue weighted by atomic mass is 10.0. The van der Waals surface area contributed by atoms with Gasteiger partial charge in [0.2, 0.25) is 6.29 Å². The van der Waals surface area contributed by atoms with Crippen LogP contribution in [0.25, 0.3) is 0 Å². The molecule has 1 heterocycles. The van der Waals surface area contributed by atoms with Crippen LogP contribution in [0.5, 0.6) is 0 Å². The monoisotopic (exact) mass is 290 g/mol. The summed E-state index contributed by atoms with van der Waals surface area (Å²) in [7, 11) is 0. The smallest absolute Gasteiger partial charge is 0.340 e. The molecule has 0 saturated carbocycles. The predicted octanol–water partition coefficient (Wildman–Crippen LogP) is 1.74. The normalized spacial score (nSPS) is 18.9. The third-order valence-electron chi connectivity index (χ3n) is 3.22. The van der Waals surface area contributed by atoms with Crippen LogP contribution < -0.4 is 0 Å². The third-order valence-corrected chi connectivity index (χ3v) is 3.22. The molecule has 0 bridgehead atoms. The molecule has 0 fully saturated rings. The second-order valence-electron chi connectivity index (χ2n) is 4.89. The summed E-state index contributed by atoms with van der Waals surface area (Å²) in [6, 6.07) is 9.92. The Balaban J connectivity index is 1.95. The topological polar surface area (TPSA) is 72.8 Å². The highest BCUT2D eigenvalue weighted by atomic mass is 16.6. The maximum atomic E-state index is 11.6. The zero-order valence-corrected chi connectivity index (χ0v) is 11.8. The fraction of sp³-hybridized carbons (Fsp3) is 0.375. The molecule has 2 rings (SSSR count). The number of carbonyl (C=O) groups excluding carboxylic acids is 2. The maximum absolute atomic E-state index is 11.6. The Bertz CT molecular complexity index is 535. The van der Waals surface area contributed by atoms with Gasteiger partial charge in [0.1, 0.15) is 6.10 Å². The van der Waals surface area contributed by atoms with Crippen molar-refractivity contribution in [3.63, 3.8) is 0 Å². The van der Waals surface area contributed by atoms with Crippen LogP contribution in [-0.4, -0.2) is 29.4 Å². The molecule has 1 aromatic carbocycles. The number of aliphatic hydroxyl groups is 1. The lowest BCUT2D eigenvalue weighted by molar-refractivity contribution is -0.153. The summed E-state index contributed by atoms with van der Waals surface area (Å²) in [4.78, 5) is 22.8. The average Bonchev–Trinajstić information content (AvgIpc) is 2.77. The van der Waals surface area contributed by atoms with Gasteiger partial charge in [-0.1, -0.05) is 30.3 Å². The predicted molar refractivity (Wildman–Crippen MR) is 75.1 cm³/mol. The van der Waals surface area contributed by atoms with E-state index in [4.69, 9.17) is 4.74 Å². The Kier molecular flexibility index (Phi) is 5.11. The molecule has 21 heavy (non-hydrogen) atoms. The molecule has 2 unspecified atom stereocenters. The summed E-state index contributed by atoms with van der Waals surface area (Å²) < 4.78 is 9.81. The average molecular weight is 290 g/mol. The van der Waals surface area contributed by atoms with E-state index in [1.807, 2.05) is 30.3 Å². The molecular weight excluding hydrogens is 272 g/mol. The van der Waals surface area contributed by atoms with Gasteiger partial charge in [-0.05, 0) is 30.9 Å². The molecule has 5 heteroatoms. The molecule has 0 amide bonds. The van der Waals surface area contributed by atoms with Crippen molar-refractivity contribution in [2.45, 2.75) is 38.6 Å². The van der Waals surface area contributed by atoms with Gasteiger partial charge < -0.3 is 14.6 Å². The minimum absolute atomic E-state index is 0.214. The minimum atomic E-state index is -1.25. The van der Waals surface area contributed by atoms with Crippen molar-refractivity contribution < 1.29 is 24.2 Å². The molecule has 0 aliphatic carbocycles. The number of aliphatic hydroxyl groups excluding tert-OH is 1. The number of hydrogen-bond acceptors (Lipinski definition) is 5. The van der Waals surface area contributed by atoms with Crippen LogP contribution in [0.2, 0.25) is 0 Å². The Morgan fingerprint density at radius 2 is 2.10 bits per heavy atom. The van der Waals surface area contributed by atoms with E-state index >= 15 is 0 Å². The van der Waals surface area contributed by atoms with Crippen molar-refractivity contribution in [3.8, 4) is 0 Å². The van der Waals surface area contributed by atoms with Crippen LogP contribution in [0.15, 0.2) is 42.0 Å². The largest absolute Gasteiger partial charge is 0.457 e. The van der Waals surface area contributed by atoms with E-state index in [1.54, 1.807) is 0 Å². The molecule has 1 N–H and O–H groups in total. The number of benzene rings is 1. The van der Waals surface area contributed by atoms with Crippen LogP contribution in [0.3, 0.4) is 0 Å². The van der Waals surface area contributed by atoms with E-state index in [1.165, 1.54) is 18.6 Å². The standard InChI is InChI=1S/C16H18O5/c1-11(17)20-14(13-10-15(18)21-16(13)19)9-5-8-12-6-3-2-4-7-12/h2-4,6-7,10,14-15,18H,5,8-9H2,1H3. The second kappa shape index (κ2) is 7.04. The zero-order chi connectivity index (χ0) is 15.2. The molecule has 0 spiro atoms. The zero-order valence-electron chi connectivity index (χ0n) is 11.8. The Morgan fingerprint density at radius 1 is 1.38 bits per heavy atom. The quantitative estimate of drug-likeness (QED) is 0.808.